The van der Waals surface area contributed by atoms with Gasteiger partial charge in [-0.25, -0.2) is 4.79 Å². The van der Waals surface area contributed by atoms with E-state index in [9.17, 15) is 24.3 Å². The molecule has 4 rings (SSSR count). The van der Waals surface area contributed by atoms with Crippen molar-refractivity contribution < 1.29 is 38.5 Å². The summed E-state index contributed by atoms with van der Waals surface area (Å²) in [6.07, 6.45) is 7.00. The highest BCUT2D eigenvalue weighted by Crippen LogP contribution is 2.68. The van der Waals surface area contributed by atoms with Gasteiger partial charge in [-0.15, -0.1) is 0 Å². The number of carbonyl (C=O) groups is 4. The summed E-state index contributed by atoms with van der Waals surface area (Å²) in [5.41, 5.74) is -1.84. The minimum atomic E-state index is -1.57. The molecule has 3 fully saturated rings. The molecule has 0 aromatic heterocycles. The van der Waals surface area contributed by atoms with Crippen LogP contribution in [-0.2, 0) is 28.6 Å². The number of Topliss-reactive ketones (excluding diaryl/α,β-unsaturated/α-hetero) is 1. The van der Waals surface area contributed by atoms with Crippen LogP contribution in [0.4, 0.5) is 4.79 Å². The molecule has 0 aromatic carbocycles. The molecular weight excluding hydrogens is 488 g/mol. The van der Waals surface area contributed by atoms with Crippen LogP contribution in [-0.4, -0.2) is 53.7 Å². The number of ketones is 2. The summed E-state index contributed by atoms with van der Waals surface area (Å²) in [5.74, 6) is -0.933. The summed E-state index contributed by atoms with van der Waals surface area (Å²) in [6, 6.07) is 0. The van der Waals surface area contributed by atoms with E-state index in [1.165, 1.54) is 0 Å². The van der Waals surface area contributed by atoms with Crippen molar-refractivity contribution in [3.63, 3.8) is 0 Å². The van der Waals surface area contributed by atoms with Crippen LogP contribution in [0, 0.1) is 34.5 Å². The van der Waals surface area contributed by atoms with Gasteiger partial charge >= 0.3 is 12.1 Å². The highest BCUT2D eigenvalue weighted by molar-refractivity contribution is 6.01. The van der Waals surface area contributed by atoms with Crippen molar-refractivity contribution in [2.24, 2.45) is 34.5 Å². The zero-order chi connectivity index (χ0) is 27.9. The third-order valence-corrected chi connectivity index (χ3v) is 9.68. The zero-order valence-corrected chi connectivity index (χ0v) is 23.3. The minimum absolute atomic E-state index is 0.00602. The summed E-state index contributed by atoms with van der Waals surface area (Å²) in [4.78, 5) is 50.9. The topological polar surface area (TPSA) is 116 Å². The van der Waals surface area contributed by atoms with Crippen LogP contribution >= 0.6 is 0 Å². The predicted molar refractivity (Wildman–Crippen MR) is 139 cm³/mol. The van der Waals surface area contributed by atoms with Gasteiger partial charge in [0.15, 0.2) is 18.0 Å². The number of hydrogen-bond donors (Lipinski definition) is 1. The van der Waals surface area contributed by atoms with Gasteiger partial charge in [-0.05, 0) is 68.4 Å². The van der Waals surface area contributed by atoms with Crippen molar-refractivity contribution in [3.05, 3.63) is 23.8 Å². The van der Waals surface area contributed by atoms with Gasteiger partial charge in [0.2, 0.25) is 5.78 Å². The van der Waals surface area contributed by atoms with Gasteiger partial charge in [-0.2, -0.15) is 0 Å². The fraction of sp³-hybridized carbons (Fsp3) is 0.733. The van der Waals surface area contributed by atoms with Crippen LogP contribution in [0.5, 0.6) is 0 Å². The van der Waals surface area contributed by atoms with Gasteiger partial charge in [0, 0.05) is 23.2 Å². The Bertz CT molecular complexity index is 1040. The number of ether oxygens (including phenoxy) is 3. The van der Waals surface area contributed by atoms with E-state index >= 15 is 0 Å². The molecule has 7 atom stereocenters. The number of carbonyl (C=O) groups excluding carboxylic acids is 4. The lowest BCUT2D eigenvalue weighted by Gasteiger charge is -2.59. The van der Waals surface area contributed by atoms with Crippen LogP contribution in [0.3, 0.4) is 0 Å². The molecule has 0 aromatic rings. The van der Waals surface area contributed by atoms with Crippen molar-refractivity contribution in [2.45, 2.75) is 91.3 Å². The second-order valence-corrected chi connectivity index (χ2v) is 12.5. The van der Waals surface area contributed by atoms with Crippen LogP contribution < -0.4 is 0 Å². The second-order valence-electron chi connectivity index (χ2n) is 12.5. The van der Waals surface area contributed by atoms with Crippen molar-refractivity contribution in [3.8, 4) is 0 Å². The average molecular weight is 531 g/mol. The lowest BCUT2D eigenvalue weighted by atomic mass is 9.46. The molecule has 0 radical (unpaired) electrons. The third-order valence-electron chi connectivity index (χ3n) is 9.68. The number of aliphatic hydroxyl groups excluding tert-OH is 1. The molecular formula is C30H42O8. The molecule has 0 bridgehead atoms. The Labute approximate surface area is 225 Å². The van der Waals surface area contributed by atoms with E-state index in [1.54, 1.807) is 12.2 Å². The largest absolute Gasteiger partial charge is 0.509 e. The number of esters is 1. The third kappa shape index (κ3) is 4.74. The first-order valence-corrected chi connectivity index (χ1v) is 14.0. The van der Waals surface area contributed by atoms with Gasteiger partial charge in [0.05, 0.1) is 12.7 Å². The quantitative estimate of drug-likeness (QED) is 0.448. The molecule has 1 unspecified atom stereocenters. The molecule has 0 saturated heterocycles. The standard InChI is InChI=1S/C30H42O8/c1-6-7-25(34)36-17-24(33)30(38-27(35)37-16-18(2)3)13-11-22-21-9-8-19-14-20(31)10-12-28(19,4)26(21)23(32)15-29(22,30)5/h10,12,14,18,21-23,26,32H,6-9,11,13,15-17H2,1-5H3/t21-,22-,23?,26+,28-,29-,30-/m0/s1. The molecule has 0 spiro atoms. The summed E-state index contributed by atoms with van der Waals surface area (Å²) in [5, 5.41) is 11.7. The Hall–Kier alpha value is -2.48. The normalized spacial score (nSPS) is 37.6. The molecule has 1 N–H and O–H groups in total. The molecule has 3 saturated carbocycles. The molecule has 0 heterocycles. The molecule has 8 nitrogen and oxygen atoms in total. The lowest BCUT2D eigenvalue weighted by molar-refractivity contribution is -0.186. The van der Waals surface area contributed by atoms with Crippen molar-refractivity contribution in [1.82, 2.24) is 0 Å². The Kier molecular flexibility index (Phi) is 7.95. The second kappa shape index (κ2) is 10.6. The Morgan fingerprint density at radius 3 is 2.58 bits per heavy atom. The first-order chi connectivity index (χ1) is 17.9. The van der Waals surface area contributed by atoms with E-state index in [-0.39, 0.29) is 55.3 Å². The molecule has 0 amide bonds. The minimum Gasteiger partial charge on any atom is -0.457 e. The maximum atomic E-state index is 13.9. The molecule has 0 aliphatic heterocycles. The van der Waals surface area contributed by atoms with E-state index in [2.05, 4.69) is 6.92 Å². The van der Waals surface area contributed by atoms with Crippen molar-refractivity contribution >= 4 is 23.7 Å². The Morgan fingerprint density at radius 2 is 1.89 bits per heavy atom. The van der Waals surface area contributed by atoms with Gasteiger partial charge in [0.25, 0.3) is 0 Å². The van der Waals surface area contributed by atoms with Gasteiger partial charge in [0.1, 0.15) is 0 Å². The van der Waals surface area contributed by atoms with Crippen LogP contribution in [0.2, 0.25) is 0 Å². The number of fused-ring (bicyclic) bond motifs is 5. The molecule has 38 heavy (non-hydrogen) atoms. The van der Waals surface area contributed by atoms with Crippen LogP contribution in [0.25, 0.3) is 0 Å². The van der Waals surface area contributed by atoms with E-state index in [1.807, 2.05) is 33.8 Å². The van der Waals surface area contributed by atoms with Gasteiger partial charge in [-0.1, -0.05) is 46.3 Å². The zero-order valence-electron chi connectivity index (χ0n) is 23.3. The number of rotatable bonds is 8. The summed E-state index contributed by atoms with van der Waals surface area (Å²) >= 11 is 0. The van der Waals surface area contributed by atoms with Crippen LogP contribution in [0.15, 0.2) is 23.8 Å². The molecule has 8 heteroatoms. The first-order valence-electron chi connectivity index (χ1n) is 14.0. The Balaban J connectivity index is 1.67. The maximum absolute atomic E-state index is 13.9. The van der Waals surface area contributed by atoms with E-state index < -0.39 is 47.0 Å². The number of hydrogen-bond acceptors (Lipinski definition) is 8. The van der Waals surface area contributed by atoms with Crippen molar-refractivity contribution in [1.29, 1.82) is 0 Å². The van der Waals surface area contributed by atoms with Crippen molar-refractivity contribution in [2.75, 3.05) is 13.2 Å². The van der Waals surface area contributed by atoms with E-state index in [4.69, 9.17) is 14.2 Å². The SMILES string of the molecule is CCCC(=O)OCC(=O)[C@@]1(OC(=O)OCC(C)C)CC[C@H]2[C@@H]3CCC4=CC(=O)C=C[C@]4(C)[C@H]3C(O)C[C@@]21C. The van der Waals surface area contributed by atoms with Gasteiger partial charge < -0.3 is 19.3 Å². The maximum Gasteiger partial charge on any atom is 0.509 e. The summed E-state index contributed by atoms with van der Waals surface area (Å²) in [6.45, 7) is 9.35. The lowest BCUT2D eigenvalue weighted by Crippen LogP contribution is -2.63. The predicted octanol–water partition coefficient (Wildman–Crippen LogP) is 4.73. The van der Waals surface area contributed by atoms with E-state index in [0.29, 0.717) is 12.8 Å². The average Bonchev–Trinajstić information content (AvgIpc) is 3.13. The molecule has 4 aliphatic carbocycles. The van der Waals surface area contributed by atoms with E-state index in [0.717, 1.165) is 18.4 Å². The van der Waals surface area contributed by atoms with Gasteiger partial charge in [-0.3, -0.25) is 14.4 Å². The number of allylic oxidation sites excluding steroid dienone is 4. The highest BCUT2D eigenvalue weighted by atomic mass is 16.7. The Morgan fingerprint density at radius 1 is 1.16 bits per heavy atom. The number of aliphatic hydroxyl groups is 1. The van der Waals surface area contributed by atoms with Crippen LogP contribution in [0.1, 0.15) is 79.6 Å². The summed E-state index contributed by atoms with van der Waals surface area (Å²) < 4.78 is 16.6. The summed E-state index contributed by atoms with van der Waals surface area (Å²) in [7, 11) is 0. The molecule has 210 valence electrons. The highest BCUT2D eigenvalue weighted by Gasteiger charge is 2.70. The smallest absolute Gasteiger partial charge is 0.457 e. The molecule has 4 aliphatic rings. The fourth-order valence-corrected chi connectivity index (χ4v) is 7.94. The fourth-order valence-electron chi connectivity index (χ4n) is 7.94. The monoisotopic (exact) mass is 530 g/mol. The first kappa shape index (κ1) is 28.5.